The maximum atomic E-state index is 12.2. The number of hydrogen-bond acceptors (Lipinski definition) is 6. The quantitative estimate of drug-likeness (QED) is 0.870. The molecule has 148 valence electrons. The zero-order chi connectivity index (χ0) is 19.6. The van der Waals surface area contributed by atoms with Gasteiger partial charge in [0.25, 0.3) is 0 Å². The molecule has 0 atom stereocenters. The van der Waals surface area contributed by atoms with Gasteiger partial charge in [-0.05, 0) is 46.5 Å². The van der Waals surface area contributed by atoms with Crippen molar-refractivity contribution >= 4 is 23.6 Å². The molecular formula is C19H29N5O3. The van der Waals surface area contributed by atoms with Gasteiger partial charge in [0.15, 0.2) is 5.82 Å². The molecule has 1 N–H and O–H groups in total. The summed E-state index contributed by atoms with van der Waals surface area (Å²) in [5, 5.41) is 2.80. The fraction of sp³-hybridized carbons (Fsp3) is 0.684. The van der Waals surface area contributed by atoms with Crippen LogP contribution in [0, 0.1) is 5.92 Å². The largest absolute Gasteiger partial charge is 0.444 e. The second-order valence-corrected chi connectivity index (χ2v) is 8.33. The lowest BCUT2D eigenvalue weighted by atomic mass is 10.0. The van der Waals surface area contributed by atoms with Gasteiger partial charge < -0.3 is 19.9 Å². The molecule has 0 radical (unpaired) electrons. The topological polar surface area (TPSA) is 87.7 Å². The van der Waals surface area contributed by atoms with Crippen LogP contribution in [0.4, 0.5) is 16.4 Å². The van der Waals surface area contributed by atoms with Crippen LogP contribution in [0.5, 0.6) is 0 Å². The third-order valence-corrected chi connectivity index (χ3v) is 4.86. The summed E-state index contributed by atoms with van der Waals surface area (Å²) in [4.78, 5) is 36.6. The Morgan fingerprint density at radius 2 is 1.81 bits per heavy atom. The fourth-order valence-electron chi connectivity index (χ4n) is 3.09. The van der Waals surface area contributed by atoms with Crippen LogP contribution in [0.15, 0.2) is 12.4 Å². The Labute approximate surface area is 160 Å². The third-order valence-electron chi connectivity index (χ3n) is 4.86. The van der Waals surface area contributed by atoms with Gasteiger partial charge in [-0.1, -0.05) is 0 Å². The lowest BCUT2D eigenvalue weighted by Gasteiger charge is -2.37. The molecule has 1 saturated heterocycles. The summed E-state index contributed by atoms with van der Waals surface area (Å²) in [7, 11) is 1.80. The molecule has 2 amide bonds. The van der Waals surface area contributed by atoms with E-state index in [0.29, 0.717) is 5.82 Å². The molecule has 1 aromatic rings. The van der Waals surface area contributed by atoms with Gasteiger partial charge in [0.2, 0.25) is 5.91 Å². The molecule has 3 rings (SSSR count). The van der Waals surface area contributed by atoms with Crippen molar-refractivity contribution in [1.29, 1.82) is 0 Å². The van der Waals surface area contributed by atoms with E-state index in [1.165, 1.54) is 0 Å². The molecule has 1 saturated carbocycles. The number of nitrogens with one attached hydrogen (secondary N) is 1. The molecule has 1 aromatic heterocycles. The number of aromatic nitrogens is 2. The summed E-state index contributed by atoms with van der Waals surface area (Å²) in [6.45, 7) is 7.20. The van der Waals surface area contributed by atoms with Crippen LogP contribution in [0.2, 0.25) is 0 Å². The Hall–Kier alpha value is -2.38. The lowest BCUT2D eigenvalue weighted by Crippen LogP contribution is -2.47. The van der Waals surface area contributed by atoms with Crippen LogP contribution in [0.3, 0.4) is 0 Å². The van der Waals surface area contributed by atoms with Crippen LogP contribution in [0.1, 0.15) is 46.5 Å². The summed E-state index contributed by atoms with van der Waals surface area (Å²) in [6.07, 6.45) is 6.63. The van der Waals surface area contributed by atoms with E-state index < -0.39 is 5.60 Å². The van der Waals surface area contributed by atoms with Gasteiger partial charge in [0.05, 0.1) is 12.4 Å². The maximum absolute atomic E-state index is 12.2. The number of nitrogens with zero attached hydrogens (tertiary/aromatic N) is 4. The number of anilines is 2. The summed E-state index contributed by atoms with van der Waals surface area (Å²) >= 11 is 0. The number of amides is 2. The zero-order valence-corrected chi connectivity index (χ0v) is 16.6. The van der Waals surface area contributed by atoms with Gasteiger partial charge in [-0.3, -0.25) is 4.79 Å². The first kappa shape index (κ1) is 19.4. The van der Waals surface area contributed by atoms with Crippen LogP contribution in [-0.2, 0) is 9.53 Å². The molecule has 0 bridgehead atoms. The molecule has 8 heteroatoms. The highest BCUT2D eigenvalue weighted by atomic mass is 16.6. The van der Waals surface area contributed by atoms with Gasteiger partial charge in [-0.15, -0.1) is 0 Å². The van der Waals surface area contributed by atoms with Crippen molar-refractivity contribution in [1.82, 2.24) is 14.9 Å². The minimum Gasteiger partial charge on any atom is -0.444 e. The lowest BCUT2D eigenvalue weighted by molar-refractivity contribution is -0.117. The van der Waals surface area contributed by atoms with Crippen molar-refractivity contribution in [2.24, 2.45) is 5.92 Å². The minimum absolute atomic E-state index is 0.0306. The minimum atomic E-state index is -0.488. The van der Waals surface area contributed by atoms with E-state index >= 15 is 0 Å². The number of ether oxygens (including phenoxy) is 1. The van der Waals surface area contributed by atoms with Crippen LogP contribution in [-0.4, -0.2) is 58.6 Å². The highest BCUT2D eigenvalue weighted by Crippen LogP contribution is 2.30. The van der Waals surface area contributed by atoms with Gasteiger partial charge in [0, 0.05) is 32.1 Å². The normalized spacial score (nSPS) is 18.1. The van der Waals surface area contributed by atoms with Crippen molar-refractivity contribution in [3.05, 3.63) is 12.4 Å². The summed E-state index contributed by atoms with van der Waals surface area (Å²) in [6, 6.07) is 0.154. The van der Waals surface area contributed by atoms with E-state index in [1.54, 1.807) is 24.3 Å². The predicted molar refractivity (Wildman–Crippen MR) is 103 cm³/mol. The standard InChI is InChI=1S/C19H29N5O3/c1-19(2,3)27-18(26)23(4)14-7-9-24(10-8-14)16-12-20-15(11-21-16)22-17(25)13-5-6-13/h11-14H,5-10H2,1-4H3,(H,20,22,25). The number of carbonyl (C=O) groups excluding carboxylic acids is 2. The first-order valence-electron chi connectivity index (χ1n) is 9.56. The number of carbonyl (C=O) groups is 2. The number of hydrogen-bond donors (Lipinski definition) is 1. The van der Waals surface area contributed by atoms with Crippen molar-refractivity contribution in [3.63, 3.8) is 0 Å². The molecule has 0 spiro atoms. The van der Waals surface area contributed by atoms with Gasteiger partial charge in [-0.2, -0.15) is 0 Å². The van der Waals surface area contributed by atoms with Crippen LogP contribution >= 0.6 is 0 Å². The summed E-state index contributed by atoms with van der Waals surface area (Å²) < 4.78 is 5.45. The van der Waals surface area contributed by atoms with Crippen LogP contribution in [0.25, 0.3) is 0 Å². The zero-order valence-electron chi connectivity index (χ0n) is 16.6. The second-order valence-electron chi connectivity index (χ2n) is 8.33. The monoisotopic (exact) mass is 375 g/mol. The fourth-order valence-corrected chi connectivity index (χ4v) is 3.09. The Morgan fingerprint density at radius 3 is 2.33 bits per heavy atom. The van der Waals surface area contributed by atoms with Crippen LogP contribution < -0.4 is 10.2 Å². The van der Waals surface area contributed by atoms with Gasteiger partial charge in [-0.25, -0.2) is 14.8 Å². The predicted octanol–water partition coefficient (Wildman–Crippen LogP) is 2.66. The molecule has 1 aliphatic carbocycles. The van der Waals surface area contributed by atoms with Gasteiger partial charge >= 0.3 is 6.09 Å². The first-order valence-corrected chi connectivity index (χ1v) is 9.56. The second kappa shape index (κ2) is 7.70. The average molecular weight is 375 g/mol. The van der Waals surface area contributed by atoms with E-state index in [-0.39, 0.29) is 24.0 Å². The van der Waals surface area contributed by atoms with Crippen molar-refractivity contribution in [3.8, 4) is 0 Å². The Balaban J connectivity index is 1.49. The molecular weight excluding hydrogens is 346 g/mol. The van der Waals surface area contributed by atoms with E-state index in [4.69, 9.17) is 4.74 Å². The molecule has 27 heavy (non-hydrogen) atoms. The molecule has 8 nitrogen and oxygen atoms in total. The molecule has 2 fully saturated rings. The van der Waals surface area contributed by atoms with E-state index in [9.17, 15) is 9.59 Å². The van der Waals surface area contributed by atoms with Crippen molar-refractivity contribution in [2.45, 2.75) is 58.1 Å². The molecule has 1 aliphatic heterocycles. The number of piperidine rings is 1. The summed E-state index contributed by atoms with van der Waals surface area (Å²) in [5.41, 5.74) is -0.488. The smallest absolute Gasteiger partial charge is 0.410 e. The van der Waals surface area contributed by atoms with Gasteiger partial charge in [0.1, 0.15) is 11.4 Å². The molecule has 0 aromatic carbocycles. The van der Waals surface area contributed by atoms with E-state index in [2.05, 4.69) is 20.2 Å². The molecule has 2 heterocycles. The Bertz CT molecular complexity index is 674. The Morgan fingerprint density at radius 1 is 1.15 bits per heavy atom. The van der Waals surface area contributed by atoms with Crippen molar-refractivity contribution < 1.29 is 14.3 Å². The third kappa shape index (κ3) is 5.30. The first-order chi connectivity index (χ1) is 12.7. The Kier molecular flexibility index (Phi) is 5.53. The molecule has 2 aliphatic rings. The summed E-state index contributed by atoms with van der Waals surface area (Å²) in [5.74, 6) is 1.46. The SMILES string of the molecule is CN(C(=O)OC(C)(C)C)C1CCN(c2cnc(NC(=O)C3CC3)cn2)CC1. The number of rotatable bonds is 4. The van der Waals surface area contributed by atoms with E-state index in [0.717, 1.165) is 44.6 Å². The molecule has 0 unspecified atom stereocenters. The maximum Gasteiger partial charge on any atom is 0.410 e. The highest BCUT2D eigenvalue weighted by molar-refractivity contribution is 5.93. The van der Waals surface area contributed by atoms with E-state index in [1.807, 2.05) is 20.8 Å². The highest BCUT2D eigenvalue weighted by Gasteiger charge is 2.30. The van der Waals surface area contributed by atoms with Crippen molar-refractivity contribution in [2.75, 3.05) is 30.4 Å². The average Bonchev–Trinajstić information content (AvgIpc) is 3.46.